The molecule has 0 aliphatic carbocycles. The van der Waals surface area contributed by atoms with Crippen LogP contribution in [0.15, 0.2) is 46.1 Å². The van der Waals surface area contributed by atoms with Gasteiger partial charge in [0.2, 0.25) is 5.91 Å². The molecule has 1 aliphatic rings. The third-order valence-electron chi connectivity index (χ3n) is 5.09. The van der Waals surface area contributed by atoms with Crippen LogP contribution in [0.3, 0.4) is 0 Å². The summed E-state index contributed by atoms with van der Waals surface area (Å²) in [6.07, 6.45) is 1.65. The van der Waals surface area contributed by atoms with Crippen molar-refractivity contribution < 1.29 is 4.79 Å². The molecule has 150 valence electrons. The molecule has 0 spiro atoms. The molecule has 2 aromatic rings. The molecule has 0 bridgehead atoms. The molecule has 1 amide bonds. The van der Waals surface area contributed by atoms with Gasteiger partial charge in [-0.25, -0.2) is 4.99 Å². The molecule has 2 heterocycles. The third kappa shape index (κ3) is 5.58. The Morgan fingerprint density at radius 1 is 1.25 bits per heavy atom. The predicted octanol–water partition coefficient (Wildman–Crippen LogP) is 3.73. The number of benzene rings is 1. The van der Waals surface area contributed by atoms with Crippen LogP contribution in [-0.4, -0.2) is 36.4 Å². The number of hydrogen-bond donors (Lipinski definition) is 2. The van der Waals surface area contributed by atoms with Gasteiger partial charge in [0.05, 0.1) is 6.54 Å². The number of hydrogen-bond acceptors (Lipinski definition) is 3. The van der Waals surface area contributed by atoms with E-state index in [-0.39, 0.29) is 5.91 Å². The molecule has 6 heteroatoms. The summed E-state index contributed by atoms with van der Waals surface area (Å²) in [6.45, 7) is 8.10. The quantitative estimate of drug-likeness (QED) is 0.526. The summed E-state index contributed by atoms with van der Waals surface area (Å²) >= 11 is 1.73. The Morgan fingerprint density at radius 2 is 2.07 bits per heavy atom. The maximum absolute atomic E-state index is 12.0. The zero-order valence-corrected chi connectivity index (χ0v) is 17.6. The van der Waals surface area contributed by atoms with Crippen molar-refractivity contribution in [1.82, 2.24) is 15.5 Å². The maximum Gasteiger partial charge on any atom is 0.222 e. The number of aliphatic imine (C=N–C) groups is 1. The summed E-state index contributed by atoms with van der Waals surface area (Å²) in [5, 5.41) is 11.1. The van der Waals surface area contributed by atoms with Crippen LogP contribution in [0, 0.1) is 0 Å². The maximum atomic E-state index is 12.0. The number of nitrogens with zero attached hydrogens (tertiary/aromatic N) is 2. The number of amides is 1. The van der Waals surface area contributed by atoms with Crippen molar-refractivity contribution in [3.63, 3.8) is 0 Å². The fourth-order valence-electron chi connectivity index (χ4n) is 3.37. The SMILES string of the molecule is CCNC(=NCc1ccccc1CN1CCCC1=O)NCC(C)c1ccsc1. The molecule has 28 heavy (non-hydrogen) atoms. The van der Waals surface area contributed by atoms with Crippen molar-refractivity contribution in [2.45, 2.75) is 45.7 Å². The Kier molecular flexibility index (Phi) is 7.48. The lowest BCUT2D eigenvalue weighted by atomic mass is 10.1. The van der Waals surface area contributed by atoms with Gasteiger partial charge in [0.25, 0.3) is 0 Å². The minimum absolute atomic E-state index is 0.260. The molecule has 1 saturated heterocycles. The van der Waals surface area contributed by atoms with Crippen molar-refractivity contribution >= 4 is 23.2 Å². The lowest BCUT2D eigenvalue weighted by Gasteiger charge is -2.18. The van der Waals surface area contributed by atoms with Crippen LogP contribution in [0.1, 0.15) is 49.3 Å². The van der Waals surface area contributed by atoms with E-state index >= 15 is 0 Å². The van der Waals surface area contributed by atoms with Crippen LogP contribution in [0.2, 0.25) is 0 Å². The number of guanidine groups is 1. The van der Waals surface area contributed by atoms with E-state index in [1.54, 1.807) is 11.3 Å². The van der Waals surface area contributed by atoms with E-state index in [1.165, 1.54) is 16.7 Å². The molecule has 1 aromatic carbocycles. The van der Waals surface area contributed by atoms with Crippen molar-refractivity contribution in [3.8, 4) is 0 Å². The first-order valence-corrected chi connectivity index (χ1v) is 11.0. The molecular formula is C22H30N4OS. The molecule has 0 radical (unpaired) electrons. The van der Waals surface area contributed by atoms with Gasteiger partial charge in [-0.15, -0.1) is 0 Å². The topological polar surface area (TPSA) is 56.7 Å². The van der Waals surface area contributed by atoms with Gasteiger partial charge >= 0.3 is 0 Å². The number of carbonyl (C=O) groups excluding carboxylic acids is 1. The smallest absolute Gasteiger partial charge is 0.222 e. The Balaban J connectivity index is 1.63. The van der Waals surface area contributed by atoms with Gasteiger partial charge in [0, 0.05) is 32.6 Å². The lowest BCUT2D eigenvalue weighted by Crippen LogP contribution is -2.39. The van der Waals surface area contributed by atoms with Gasteiger partial charge in [0.1, 0.15) is 0 Å². The molecule has 2 N–H and O–H groups in total. The minimum atomic E-state index is 0.260. The lowest BCUT2D eigenvalue weighted by molar-refractivity contribution is -0.128. The van der Waals surface area contributed by atoms with E-state index in [1.807, 2.05) is 17.0 Å². The molecular weight excluding hydrogens is 368 g/mol. The second-order valence-corrected chi connectivity index (χ2v) is 8.00. The first-order chi connectivity index (χ1) is 13.7. The average molecular weight is 399 g/mol. The Morgan fingerprint density at radius 3 is 2.75 bits per heavy atom. The highest BCUT2D eigenvalue weighted by Gasteiger charge is 2.20. The van der Waals surface area contributed by atoms with Gasteiger partial charge in [-0.3, -0.25) is 4.79 Å². The van der Waals surface area contributed by atoms with Crippen molar-refractivity contribution in [2.24, 2.45) is 4.99 Å². The van der Waals surface area contributed by atoms with Gasteiger partial charge in [-0.05, 0) is 52.8 Å². The van der Waals surface area contributed by atoms with E-state index in [4.69, 9.17) is 4.99 Å². The summed E-state index contributed by atoms with van der Waals surface area (Å²) in [6, 6.07) is 10.5. The van der Waals surface area contributed by atoms with E-state index < -0.39 is 0 Å². The Bertz CT molecular complexity index is 788. The fourth-order valence-corrected chi connectivity index (χ4v) is 4.15. The number of rotatable bonds is 8. The summed E-state index contributed by atoms with van der Waals surface area (Å²) in [5.74, 6) is 1.52. The van der Waals surface area contributed by atoms with Crippen LogP contribution in [0.4, 0.5) is 0 Å². The first-order valence-electron chi connectivity index (χ1n) is 10.1. The zero-order chi connectivity index (χ0) is 19.8. The molecule has 1 atom stereocenters. The zero-order valence-electron chi connectivity index (χ0n) is 16.8. The molecule has 1 fully saturated rings. The average Bonchev–Trinajstić information content (AvgIpc) is 3.37. The van der Waals surface area contributed by atoms with Crippen molar-refractivity contribution in [3.05, 3.63) is 57.8 Å². The van der Waals surface area contributed by atoms with E-state index in [2.05, 4.69) is 53.4 Å². The van der Waals surface area contributed by atoms with Crippen molar-refractivity contribution in [1.29, 1.82) is 0 Å². The molecule has 0 saturated carbocycles. The van der Waals surface area contributed by atoms with Crippen LogP contribution in [0.25, 0.3) is 0 Å². The van der Waals surface area contributed by atoms with Crippen LogP contribution < -0.4 is 10.6 Å². The largest absolute Gasteiger partial charge is 0.357 e. The normalized spacial score (nSPS) is 15.7. The number of thiophene rings is 1. The van der Waals surface area contributed by atoms with Gasteiger partial charge < -0.3 is 15.5 Å². The molecule has 5 nitrogen and oxygen atoms in total. The standard InChI is InChI=1S/C22H30N4OS/c1-3-23-22(24-13-17(2)20-10-12-28-16-20)25-14-18-7-4-5-8-19(18)15-26-11-6-9-21(26)27/h4-5,7-8,10,12,16-17H,3,6,9,11,13-15H2,1-2H3,(H2,23,24,25). The third-order valence-corrected chi connectivity index (χ3v) is 5.79. The Hall–Kier alpha value is -2.34. The molecule has 1 aliphatic heterocycles. The predicted molar refractivity (Wildman–Crippen MR) is 117 cm³/mol. The highest BCUT2D eigenvalue weighted by atomic mass is 32.1. The fraction of sp³-hybridized carbons (Fsp3) is 0.455. The molecule has 3 rings (SSSR count). The summed E-state index contributed by atoms with van der Waals surface area (Å²) in [7, 11) is 0. The molecule has 1 aromatic heterocycles. The Labute approximate surface area is 171 Å². The molecule has 1 unspecified atom stereocenters. The number of carbonyl (C=O) groups is 1. The van der Waals surface area contributed by atoms with Crippen LogP contribution in [0.5, 0.6) is 0 Å². The van der Waals surface area contributed by atoms with E-state index in [0.717, 1.165) is 32.0 Å². The van der Waals surface area contributed by atoms with E-state index in [9.17, 15) is 4.79 Å². The minimum Gasteiger partial charge on any atom is -0.357 e. The number of nitrogens with one attached hydrogen (secondary N) is 2. The van der Waals surface area contributed by atoms with E-state index in [0.29, 0.717) is 25.4 Å². The van der Waals surface area contributed by atoms with Gasteiger partial charge in [-0.1, -0.05) is 31.2 Å². The monoisotopic (exact) mass is 398 g/mol. The second-order valence-electron chi connectivity index (χ2n) is 7.22. The van der Waals surface area contributed by atoms with Crippen molar-refractivity contribution in [2.75, 3.05) is 19.6 Å². The highest BCUT2D eigenvalue weighted by Crippen LogP contribution is 2.18. The van der Waals surface area contributed by atoms with Crippen LogP contribution >= 0.6 is 11.3 Å². The van der Waals surface area contributed by atoms with Gasteiger partial charge in [-0.2, -0.15) is 11.3 Å². The summed E-state index contributed by atoms with van der Waals surface area (Å²) in [5.41, 5.74) is 3.71. The second kappa shape index (κ2) is 10.3. The first kappa shape index (κ1) is 20.4. The van der Waals surface area contributed by atoms with Crippen LogP contribution in [-0.2, 0) is 17.9 Å². The van der Waals surface area contributed by atoms with Gasteiger partial charge in [0.15, 0.2) is 5.96 Å². The summed E-state index contributed by atoms with van der Waals surface area (Å²) in [4.78, 5) is 18.7. The highest BCUT2D eigenvalue weighted by molar-refractivity contribution is 7.07. The number of likely N-dealkylation sites (tertiary alicyclic amines) is 1. The summed E-state index contributed by atoms with van der Waals surface area (Å²) < 4.78 is 0.